The summed E-state index contributed by atoms with van der Waals surface area (Å²) in [5.41, 5.74) is 1.20. The van der Waals surface area contributed by atoms with Crippen molar-refractivity contribution in [2.75, 3.05) is 4.72 Å². The summed E-state index contributed by atoms with van der Waals surface area (Å²) < 4.78 is 27.6. The molecule has 0 amide bonds. The third-order valence-corrected chi connectivity index (χ3v) is 5.58. The fraction of sp³-hybridized carbons (Fsp3) is 0.100. The number of para-hydroxylation sites is 1. The summed E-state index contributed by atoms with van der Waals surface area (Å²) in [6.07, 6.45) is 1.15. The van der Waals surface area contributed by atoms with Crippen molar-refractivity contribution in [1.29, 1.82) is 0 Å². The Kier molecular flexibility index (Phi) is 5.96. The smallest absolute Gasteiger partial charge is 0.263 e. The van der Waals surface area contributed by atoms with Crippen molar-refractivity contribution in [2.24, 2.45) is 4.99 Å². The molecule has 0 saturated carbocycles. The molecule has 0 bridgehead atoms. The van der Waals surface area contributed by atoms with Gasteiger partial charge >= 0.3 is 0 Å². The van der Waals surface area contributed by atoms with Crippen LogP contribution in [0.2, 0.25) is 5.15 Å². The normalized spacial score (nSPS) is 13.1. The molecule has 8 heteroatoms. The summed E-state index contributed by atoms with van der Waals surface area (Å²) in [6.45, 7) is 1.80. The second-order valence-corrected chi connectivity index (χ2v) is 8.06. The quantitative estimate of drug-likeness (QED) is 0.380. The van der Waals surface area contributed by atoms with Gasteiger partial charge in [-0.05, 0) is 36.6 Å². The third kappa shape index (κ3) is 4.68. The largest absolute Gasteiger partial charge is 0.858 e. The third-order valence-electron chi connectivity index (χ3n) is 4.01. The lowest BCUT2D eigenvalue weighted by Gasteiger charge is -2.19. The van der Waals surface area contributed by atoms with E-state index in [4.69, 9.17) is 11.6 Å². The number of sulfonamides is 1. The van der Waals surface area contributed by atoms with Crippen LogP contribution in [0.4, 0.5) is 5.69 Å². The highest BCUT2D eigenvalue weighted by Gasteiger charge is 2.16. The zero-order valence-corrected chi connectivity index (χ0v) is 16.5. The van der Waals surface area contributed by atoms with Gasteiger partial charge in [0.15, 0.2) is 0 Å². The van der Waals surface area contributed by atoms with Crippen LogP contribution in [-0.2, 0) is 10.0 Å². The summed E-state index contributed by atoms with van der Waals surface area (Å²) in [7, 11) is -3.93. The van der Waals surface area contributed by atoms with Crippen molar-refractivity contribution in [3.8, 4) is 0 Å². The first-order valence-electron chi connectivity index (χ1n) is 8.40. The predicted molar refractivity (Wildman–Crippen MR) is 108 cm³/mol. The molecule has 1 atom stereocenters. The molecule has 144 valence electrons. The molecule has 28 heavy (non-hydrogen) atoms. The van der Waals surface area contributed by atoms with Gasteiger partial charge in [-0.25, -0.2) is 13.4 Å². The van der Waals surface area contributed by atoms with E-state index in [1.165, 1.54) is 24.3 Å². The van der Waals surface area contributed by atoms with Gasteiger partial charge in [-0.1, -0.05) is 60.1 Å². The molecule has 0 radical (unpaired) electrons. The number of aliphatic imine (C=N–C) groups is 1. The number of halogens is 1. The molecule has 0 spiro atoms. The number of hydrogen-bond donors (Lipinski definition) is 1. The number of anilines is 1. The fourth-order valence-electron chi connectivity index (χ4n) is 2.54. The Morgan fingerprint density at radius 1 is 1.07 bits per heavy atom. The number of pyridine rings is 1. The standard InChI is InChI=1S/C20H18ClN3O3S/c1-14(15-7-3-2-4-8-15)23-20(25)17-9-5-6-10-18(17)24-28(26,27)16-11-12-19(21)22-13-16/h2-14,24H,1H3,(H,23,25)/p-1. The number of nitrogens with zero attached hydrogens (tertiary/aromatic N) is 2. The maximum absolute atomic E-state index is 12.7. The fourth-order valence-corrected chi connectivity index (χ4v) is 3.67. The zero-order chi connectivity index (χ0) is 20.1. The van der Waals surface area contributed by atoms with Crippen LogP contribution in [0.3, 0.4) is 0 Å². The lowest BCUT2D eigenvalue weighted by Crippen LogP contribution is -2.23. The van der Waals surface area contributed by atoms with E-state index in [0.29, 0.717) is 0 Å². The second kappa shape index (κ2) is 8.41. The lowest BCUT2D eigenvalue weighted by molar-refractivity contribution is -0.213. The van der Waals surface area contributed by atoms with Gasteiger partial charge in [0.25, 0.3) is 10.0 Å². The van der Waals surface area contributed by atoms with Crippen LogP contribution in [0.25, 0.3) is 0 Å². The molecule has 0 aliphatic rings. The van der Waals surface area contributed by atoms with Gasteiger partial charge in [-0.2, -0.15) is 0 Å². The Morgan fingerprint density at radius 2 is 1.75 bits per heavy atom. The van der Waals surface area contributed by atoms with Gasteiger partial charge in [-0.3, -0.25) is 9.71 Å². The highest BCUT2D eigenvalue weighted by atomic mass is 35.5. The monoisotopic (exact) mass is 414 g/mol. The molecular weight excluding hydrogens is 398 g/mol. The molecule has 0 aliphatic heterocycles. The van der Waals surface area contributed by atoms with E-state index < -0.39 is 15.9 Å². The molecule has 0 aliphatic carbocycles. The molecule has 6 nitrogen and oxygen atoms in total. The van der Waals surface area contributed by atoms with E-state index >= 15 is 0 Å². The van der Waals surface area contributed by atoms with Crippen molar-refractivity contribution in [3.63, 3.8) is 0 Å². The molecule has 1 N–H and O–H groups in total. The Morgan fingerprint density at radius 3 is 2.43 bits per heavy atom. The summed E-state index contributed by atoms with van der Waals surface area (Å²) >= 11 is 5.70. The van der Waals surface area contributed by atoms with Crippen LogP contribution < -0.4 is 9.83 Å². The number of aromatic nitrogens is 1. The van der Waals surface area contributed by atoms with E-state index in [1.807, 2.05) is 30.3 Å². The minimum atomic E-state index is -3.93. The van der Waals surface area contributed by atoms with E-state index in [9.17, 15) is 13.5 Å². The number of nitrogens with one attached hydrogen (secondary N) is 1. The minimum absolute atomic E-state index is 0.0613. The second-order valence-electron chi connectivity index (χ2n) is 5.99. The van der Waals surface area contributed by atoms with Crippen molar-refractivity contribution >= 4 is 33.2 Å². The zero-order valence-electron chi connectivity index (χ0n) is 14.9. The molecule has 1 aromatic heterocycles. The lowest BCUT2D eigenvalue weighted by atomic mass is 10.1. The first kappa shape index (κ1) is 19.9. The molecule has 2 aromatic carbocycles. The van der Waals surface area contributed by atoms with Gasteiger partial charge in [0, 0.05) is 11.8 Å². The van der Waals surface area contributed by atoms with Crippen LogP contribution >= 0.6 is 11.6 Å². The average Bonchev–Trinajstić information content (AvgIpc) is 2.69. The number of benzene rings is 2. The minimum Gasteiger partial charge on any atom is -0.858 e. The van der Waals surface area contributed by atoms with Gasteiger partial charge in [-0.15, -0.1) is 0 Å². The molecule has 0 saturated heterocycles. The Balaban J connectivity index is 1.90. The maximum atomic E-state index is 12.7. The Hall–Kier alpha value is -2.90. The Labute approximate surface area is 168 Å². The van der Waals surface area contributed by atoms with Crippen LogP contribution in [-0.4, -0.2) is 19.3 Å². The van der Waals surface area contributed by atoms with Crippen molar-refractivity contribution < 1.29 is 13.5 Å². The SMILES string of the molecule is CC(N=C([O-])c1ccccc1NS(=O)(=O)c1ccc(Cl)nc1)c1ccccc1. The number of rotatable bonds is 6. The van der Waals surface area contributed by atoms with Crippen LogP contribution in [0.15, 0.2) is 82.8 Å². The van der Waals surface area contributed by atoms with E-state index in [0.717, 1.165) is 11.8 Å². The predicted octanol–water partition coefficient (Wildman–Crippen LogP) is 3.40. The molecular formula is C20H17ClN3O3S-. The molecule has 1 unspecified atom stereocenters. The highest BCUT2D eigenvalue weighted by molar-refractivity contribution is 7.92. The van der Waals surface area contributed by atoms with Crippen LogP contribution in [0.1, 0.15) is 24.1 Å². The van der Waals surface area contributed by atoms with Gasteiger partial charge in [0.05, 0.1) is 11.7 Å². The van der Waals surface area contributed by atoms with Crippen LogP contribution in [0.5, 0.6) is 0 Å². The summed E-state index contributed by atoms with van der Waals surface area (Å²) in [6, 6.07) is 18.1. The molecule has 0 fully saturated rings. The molecule has 3 aromatic rings. The first-order chi connectivity index (χ1) is 13.4. The van der Waals surface area contributed by atoms with Crippen molar-refractivity contribution in [3.05, 3.63) is 89.2 Å². The van der Waals surface area contributed by atoms with Gasteiger partial charge < -0.3 is 5.11 Å². The Bertz CT molecular complexity index is 1090. The van der Waals surface area contributed by atoms with Gasteiger partial charge in [0.2, 0.25) is 0 Å². The van der Waals surface area contributed by atoms with Crippen molar-refractivity contribution in [1.82, 2.24) is 4.98 Å². The molecule has 3 rings (SSSR count). The van der Waals surface area contributed by atoms with Crippen LogP contribution in [0, 0.1) is 0 Å². The van der Waals surface area contributed by atoms with Crippen molar-refractivity contribution in [2.45, 2.75) is 17.9 Å². The highest BCUT2D eigenvalue weighted by Crippen LogP contribution is 2.22. The maximum Gasteiger partial charge on any atom is 0.263 e. The number of hydrogen-bond acceptors (Lipinski definition) is 5. The van der Waals surface area contributed by atoms with E-state index in [-0.39, 0.29) is 27.3 Å². The summed E-state index contributed by atoms with van der Waals surface area (Å²) in [5.74, 6) is -0.510. The molecule has 1 heterocycles. The first-order valence-corrected chi connectivity index (χ1v) is 10.3. The topological polar surface area (TPSA) is 94.5 Å². The summed E-state index contributed by atoms with van der Waals surface area (Å²) in [5, 5.41) is 12.9. The van der Waals surface area contributed by atoms with E-state index in [2.05, 4.69) is 14.7 Å². The van der Waals surface area contributed by atoms with Gasteiger partial charge in [0.1, 0.15) is 10.0 Å². The average molecular weight is 415 g/mol. The summed E-state index contributed by atoms with van der Waals surface area (Å²) in [4.78, 5) is 7.91. The van der Waals surface area contributed by atoms with E-state index in [1.54, 1.807) is 19.1 Å².